The summed E-state index contributed by atoms with van der Waals surface area (Å²) < 4.78 is 0. The van der Waals surface area contributed by atoms with Crippen LogP contribution in [0.1, 0.15) is 33.1 Å². The lowest BCUT2D eigenvalue weighted by Gasteiger charge is -2.34. The summed E-state index contributed by atoms with van der Waals surface area (Å²) >= 11 is 0. The van der Waals surface area contributed by atoms with Crippen LogP contribution in [-0.2, 0) is 4.79 Å². The number of hydrogen-bond acceptors (Lipinski definition) is 3. The molecule has 1 fully saturated rings. The van der Waals surface area contributed by atoms with Crippen LogP contribution in [-0.4, -0.2) is 46.3 Å². The van der Waals surface area contributed by atoms with Gasteiger partial charge in [-0.25, -0.2) is 0 Å². The van der Waals surface area contributed by atoms with Crippen molar-refractivity contribution in [3.63, 3.8) is 0 Å². The monoisotopic (exact) mass is 253 g/mol. The normalized spacial score (nSPS) is 21.4. The van der Waals surface area contributed by atoms with E-state index in [4.69, 9.17) is 0 Å². The zero-order valence-corrected chi connectivity index (χ0v) is 11.2. The molecule has 0 aliphatic carbocycles. The fourth-order valence-electron chi connectivity index (χ4n) is 2.35. The van der Waals surface area contributed by atoms with Crippen LogP contribution in [0, 0.1) is 0 Å². The maximum absolute atomic E-state index is 11.5. The molecule has 1 unspecified atom stereocenters. The highest BCUT2D eigenvalue weighted by Crippen LogP contribution is 2.19. The van der Waals surface area contributed by atoms with Crippen LogP contribution in [0.25, 0.3) is 0 Å². The van der Waals surface area contributed by atoms with Crippen LogP contribution in [0.5, 0.6) is 0 Å². The first-order valence-electron chi connectivity index (χ1n) is 6.57. The van der Waals surface area contributed by atoms with Gasteiger partial charge in [0.1, 0.15) is 6.04 Å². The Bertz CT molecular complexity index is 328. The van der Waals surface area contributed by atoms with Gasteiger partial charge in [-0.15, -0.1) is 0 Å². The summed E-state index contributed by atoms with van der Waals surface area (Å²) in [6, 6.07) is -0.589. The van der Waals surface area contributed by atoms with E-state index in [2.05, 4.69) is 0 Å². The Hall–Kier alpha value is -1.13. The molecule has 0 spiro atoms. The van der Waals surface area contributed by atoms with Crippen LogP contribution < -0.4 is 0 Å². The number of allylic oxidation sites excluding steroid dienone is 2. The lowest BCUT2D eigenvalue weighted by Crippen LogP contribution is -2.47. The number of hydrogen-bond donors (Lipinski definition) is 2. The van der Waals surface area contributed by atoms with Gasteiger partial charge in [0, 0.05) is 13.1 Å². The molecule has 0 aromatic carbocycles. The van der Waals surface area contributed by atoms with Gasteiger partial charge in [-0.1, -0.05) is 25.2 Å². The highest BCUT2D eigenvalue weighted by Gasteiger charge is 2.30. The summed E-state index contributed by atoms with van der Waals surface area (Å²) in [7, 11) is 0. The number of carboxylic acid groups (broad SMARTS) is 1. The summed E-state index contributed by atoms with van der Waals surface area (Å²) in [6.45, 7) is 5.16. The molecule has 1 atom stereocenters. The van der Waals surface area contributed by atoms with E-state index in [1.165, 1.54) is 0 Å². The van der Waals surface area contributed by atoms with Crippen molar-refractivity contribution >= 4 is 5.97 Å². The largest absolute Gasteiger partial charge is 0.480 e. The van der Waals surface area contributed by atoms with E-state index in [-0.39, 0.29) is 6.10 Å². The van der Waals surface area contributed by atoms with Crippen LogP contribution in [0.3, 0.4) is 0 Å². The van der Waals surface area contributed by atoms with Gasteiger partial charge in [-0.3, -0.25) is 9.69 Å². The maximum atomic E-state index is 11.5. The van der Waals surface area contributed by atoms with Crippen LogP contribution in [0.4, 0.5) is 0 Å². The minimum absolute atomic E-state index is 0.281. The van der Waals surface area contributed by atoms with Crippen molar-refractivity contribution in [2.45, 2.75) is 45.3 Å². The Morgan fingerprint density at radius 3 is 2.50 bits per heavy atom. The van der Waals surface area contributed by atoms with Gasteiger partial charge in [0.15, 0.2) is 0 Å². The van der Waals surface area contributed by atoms with Gasteiger partial charge in [0.2, 0.25) is 0 Å². The van der Waals surface area contributed by atoms with Gasteiger partial charge in [-0.2, -0.15) is 0 Å². The van der Waals surface area contributed by atoms with Crippen LogP contribution >= 0.6 is 0 Å². The number of carboxylic acids is 1. The van der Waals surface area contributed by atoms with Crippen LogP contribution in [0.2, 0.25) is 0 Å². The van der Waals surface area contributed by atoms with Crippen molar-refractivity contribution in [1.82, 2.24) is 4.90 Å². The Morgan fingerprint density at radius 1 is 1.44 bits per heavy atom. The Kier molecular flexibility index (Phi) is 6.09. The molecule has 1 heterocycles. The molecule has 0 amide bonds. The predicted octanol–water partition coefficient (Wildman–Crippen LogP) is 1.81. The number of carbonyl (C=O) groups is 1. The van der Waals surface area contributed by atoms with E-state index in [1.54, 1.807) is 0 Å². The molecule has 1 rings (SSSR count). The first kappa shape index (κ1) is 14.9. The highest BCUT2D eigenvalue weighted by atomic mass is 16.4. The lowest BCUT2D eigenvalue weighted by molar-refractivity contribution is -0.142. The fraction of sp³-hybridized carbons (Fsp3) is 0.643. The summed E-state index contributed by atoms with van der Waals surface area (Å²) in [6.07, 6.45) is 7.54. The number of aliphatic hydroxyl groups is 1. The zero-order chi connectivity index (χ0) is 13.5. The third kappa shape index (κ3) is 3.96. The molecule has 0 aromatic heterocycles. The third-order valence-corrected chi connectivity index (χ3v) is 3.21. The number of piperidine rings is 1. The topological polar surface area (TPSA) is 60.8 Å². The molecule has 1 aliphatic heterocycles. The number of aliphatic hydroxyl groups excluding tert-OH is 1. The third-order valence-electron chi connectivity index (χ3n) is 3.21. The molecule has 18 heavy (non-hydrogen) atoms. The second kappa shape index (κ2) is 7.34. The SMILES string of the molecule is CC=CC(=CCC)C(C(=O)O)N1CCC(O)CC1. The highest BCUT2D eigenvalue weighted by molar-refractivity contribution is 5.78. The molecule has 0 bridgehead atoms. The van der Waals surface area contributed by atoms with E-state index in [0.29, 0.717) is 25.9 Å². The van der Waals surface area contributed by atoms with E-state index in [1.807, 2.05) is 37.0 Å². The zero-order valence-electron chi connectivity index (χ0n) is 11.2. The van der Waals surface area contributed by atoms with Gasteiger partial charge < -0.3 is 10.2 Å². The van der Waals surface area contributed by atoms with Gasteiger partial charge in [0.05, 0.1) is 6.10 Å². The van der Waals surface area contributed by atoms with Crippen molar-refractivity contribution in [1.29, 1.82) is 0 Å². The van der Waals surface area contributed by atoms with Crippen molar-refractivity contribution < 1.29 is 15.0 Å². The summed E-state index contributed by atoms with van der Waals surface area (Å²) in [4.78, 5) is 13.4. The van der Waals surface area contributed by atoms with Gasteiger partial charge in [-0.05, 0) is 31.8 Å². The Balaban J connectivity index is 2.87. The minimum Gasteiger partial charge on any atom is -0.480 e. The van der Waals surface area contributed by atoms with Gasteiger partial charge in [0.25, 0.3) is 0 Å². The smallest absolute Gasteiger partial charge is 0.325 e. The molecule has 1 aliphatic rings. The Labute approximate surface area is 109 Å². The number of likely N-dealkylation sites (tertiary alicyclic amines) is 1. The number of aliphatic carboxylic acids is 1. The molecule has 0 radical (unpaired) electrons. The molecular formula is C14H23NO3. The van der Waals surface area contributed by atoms with E-state index in [9.17, 15) is 15.0 Å². The van der Waals surface area contributed by atoms with E-state index < -0.39 is 12.0 Å². The quantitative estimate of drug-likeness (QED) is 0.734. The van der Waals surface area contributed by atoms with E-state index in [0.717, 1.165) is 12.0 Å². The fourth-order valence-corrected chi connectivity index (χ4v) is 2.35. The molecule has 4 heteroatoms. The molecular weight excluding hydrogens is 230 g/mol. The van der Waals surface area contributed by atoms with Crippen molar-refractivity contribution in [3.8, 4) is 0 Å². The second-order valence-corrected chi connectivity index (χ2v) is 4.62. The average Bonchev–Trinajstić information content (AvgIpc) is 2.32. The molecule has 1 saturated heterocycles. The standard InChI is InChI=1S/C14H23NO3/c1-3-5-11(6-4-2)13(14(17)18)15-9-7-12(16)8-10-15/h3,5-6,12-13,16H,4,7-10H2,1-2H3,(H,17,18). The van der Waals surface area contributed by atoms with Crippen molar-refractivity contribution in [2.24, 2.45) is 0 Å². The van der Waals surface area contributed by atoms with Crippen LogP contribution in [0.15, 0.2) is 23.8 Å². The summed E-state index contributed by atoms with van der Waals surface area (Å²) in [5.41, 5.74) is 0.837. The van der Waals surface area contributed by atoms with E-state index >= 15 is 0 Å². The molecule has 4 nitrogen and oxygen atoms in total. The maximum Gasteiger partial charge on any atom is 0.325 e. The second-order valence-electron chi connectivity index (χ2n) is 4.62. The first-order chi connectivity index (χ1) is 8.60. The lowest BCUT2D eigenvalue weighted by atomic mass is 9.99. The number of nitrogens with zero attached hydrogens (tertiary/aromatic N) is 1. The first-order valence-corrected chi connectivity index (χ1v) is 6.57. The number of rotatable bonds is 5. The summed E-state index contributed by atoms with van der Waals surface area (Å²) in [5.74, 6) is -0.816. The Morgan fingerprint density at radius 2 is 2.06 bits per heavy atom. The van der Waals surface area contributed by atoms with Crippen molar-refractivity contribution in [2.75, 3.05) is 13.1 Å². The molecule has 0 saturated carbocycles. The summed E-state index contributed by atoms with van der Waals surface area (Å²) in [5, 5.41) is 18.9. The average molecular weight is 253 g/mol. The van der Waals surface area contributed by atoms with Gasteiger partial charge >= 0.3 is 5.97 Å². The molecule has 2 N–H and O–H groups in total. The molecule has 102 valence electrons. The minimum atomic E-state index is -0.816. The predicted molar refractivity (Wildman–Crippen MR) is 71.4 cm³/mol. The van der Waals surface area contributed by atoms with Crippen molar-refractivity contribution in [3.05, 3.63) is 23.8 Å². The molecule has 0 aromatic rings.